The Kier molecular flexibility index (Phi) is 3.74. The number of anilines is 1. The van der Waals surface area contributed by atoms with Gasteiger partial charge in [0.25, 0.3) is 5.91 Å². The van der Waals surface area contributed by atoms with Crippen molar-refractivity contribution >= 4 is 11.7 Å². The summed E-state index contributed by atoms with van der Waals surface area (Å²) in [6.07, 6.45) is 2.83. The highest BCUT2D eigenvalue weighted by Gasteiger charge is 2.39. The molecule has 0 radical (unpaired) electrons. The molecule has 116 valence electrons. The van der Waals surface area contributed by atoms with Gasteiger partial charge < -0.3 is 10.4 Å². The van der Waals surface area contributed by atoms with Gasteiger partial charge in [0.05, 0.1) is 5.69 Å². The average molecular weight is 299 g/mol. The zero-order valence-corrected chi connectivity index (χ0v) is 13.0. The van der Waals surface area contributed by atoms with E-state index in [2.05, 4.69) is 10.4 Å². The summed E-state index contributed by atoms with van der Waals surface area (Å²) < 4.78 is 1.79. The summed E-state index contributed by atoms with van der Waals surface area (Å²) in [5.74, 6) is 0.127. The van der Waals surface area contributed by atoms with Gasteiger partial charge in [-0.05, 0) is 51.7 Å². The minimum atomic E-state index is -1.23. The Morgan fingerprint density at radius 3 is 2.50 bits per heavy atom. The Balaban J connectivity index is 1.80. The number of aryl methyl sites for hydroxylation is 2. The van der Waals surface area contributed by atoms with Crippen molar-refractivity contribution in [1.29, 1.82) is 0 Å². The molecule has 1 aliphatic carbocycles. The Labute approximate surface area is 130 Å². The van der Waals surface area contributed by atoms with E-state index in [1.54, 1.807) is 4.68 Å². The predicted molar refractivity (Wildman–Crippen MR) is 85.1 cm³/mol. The van der Waals surface area contributed by atoms with Gasteiger partial charge in [0.1, 0.15) is 5.60 Å². The van der Waals surface area contributed by atoms with Crippen LogP contribution in [0.5, 0.6) is 0 Å². The van der Waals surface area contributed by atoms with Gasteiger partial charge in [0, 0.05) is 11.8 Å². The summed E-state index contributed by atoms with van der Waals surface area (Å²) in [5, 5.41) is 17.5. The Morgan fingerprint density at radius 1 is 1.23 bits per heavy atom. The molecule has 1 fully saturated rings. The monoisotopic (exact) mass is 299 g/mol. The maximum absolute atomic E-state index is 12.2. The zero-order chi connectivity index (χ0) is 15.7. The van der Waals surface area contributed by atoms with E-state index in [-0.39, 0.29) is 5.91 Å². The second kappa shape index (κ2) is 5.57. The van der Waals surface area contributed by atoms with Gasteiger partial charge in [0.2, 0.25) is 0 Å². The molecule has 0 bridgehead atoms. The van der Waals surface area contributed by atoms with Crippen molar-refractivity contribution in [2.75, 3.05) is 5.32 Å². The Bertz CT molecular complexity index is 682. The molecule has 3 rings (SSSR count). The van der Waals surface area contributed by atoms with Gasteiger partial charge in [-0.25, -0.2) is 4.68 Å². The topological polar surface area (TPSA) is 67.2 Å². The molecule has 2 N–H and O–H groups in total. The SMILES string of the molecule is Cc1ccc(-n2nc(NC(=O)C3(O)CCCC3)cc2C)cc1. The lowest BCUT2D eigenvalue weighted by Gasteiger charge is -2.19. The van der Waals surface area contributed by atoms with Crippen LogP contribution in [-0.2, 0) is 4.79 Å². The number of benzene rings is 1. The van der Waals surface area contributed by atoms with E-state index in [0.717, 1.165) is 24.2 Å². The number of carbonyl (C=O) groups excluding carboxylic acids is 1. The number of amides is 1. The molecule has 0 saturated heterocycles. The summed E-state index contributed by atoms with van der Waals surface area (Å²) >= 11 is 0. The maximum Gasteiger partial charge on any atom is 0.257 e. The molecule has 0 spiro atoms. The molecule has 2 aromatic rings. The van der Waals surface area contributed by atoms with Gasteiger partial charge in [-0.1, -0.05) is 17.7 Å². The lowest BCUT2D eigenvalue weighted by atomic mass is 10.0. The first-order valence-electron chi connectivity index (χ1n) is 7.65. The van der Waals surface area contributed by atoms with Crippen LogP contribution in [0.1, 0.15) is 36.9 Å². The van der Waals surface area contributed by atoms with Crippen molar-refractivity contribution in [3.05, 3.63) is 41.6 Å². The number of aromatic nitrogens is 2. The van der Waals surface area contributed by atoms with E-state index < -0.39 is 5.60 Å². The number of nitrogens with zero attached hydrogens (tertiary/aromatic N) is 2. The van der Waals surface area contributed by atoms with E-state index in [0.29, 0.717) is 18.7 Å². The van der Waals surface area contributed by atoms with Gasteiger partial charge in [-0.2, -0.15) is 0 Å². The number of hydrogen-bond donors (Lipinski definition) is 2. The molecule has 1 aromatic heterocycles. The largest absolute Gasteiger partial charge is 0.380 e. The van der Waals surface area contributed by atoms with E-state index in [1.807, 2.05) is 44.2 Å². The van der Waals surface area contributed by atoms with Crippen LogP contribution in [0.2, 0.25) is 0 Å². The van der Waals surface area contributed by atoms with Crippen molar-refractivity contribution < 1.29 is 9.90 Å². The molecule has 1 heterocycles. The second-order valence-corrected chi connectivity index (χ2v) is 6.11. The summed E-state index contributed by atoms with van der Waals surface area (Å²) in [6, 6.07) is 9.85. The normalized spacial score (nSPS) is 16.7. The van der Waals surface area contributed by atoms with Crippen molar-refractivity contribution in [3.63, 3.8) is 0 Å². The van der Waals surface area contributed by atoms with E-state index in [4.69, 9.17) is 0 Å². The molecular formula is C17H21N3O2. The smallest absolute Gasteiger partial charge is 0.257 e. The quantitative estimate of drug-likeness (QED) is 0.915. The second-order valence-electron chi connectivity index (χ2n) is 6.11. The van der Waals surface area contributed by atoms with Gasteiger partial charge in [0.15, 0.2) is 5.82 Å². The van der Waals surface area contributed by atoms with Crippen molar-refractivity contribution in [2.45, 2.75) is 45.1 Å². The average Bonchev–Trinajstić information content (AvgIpc) is 3.07. The van der Waals surface area contributed by atoms with Gasteiger partial charge >= 0.3 is 0 Å². The zero-order valence-electron chi connectivity index (χ0n) is 13.0. The molecule has 1 aliphatic rings. The summed E-state index contributed by atoms with van der Waals surface area (Å²) in [4.78, 5) is 12.2. The fraction of sp³-hybridized carbons (Fsp3) is 0.412. The van der Waals surface area contributed by atoms with Crippen LogP contribution in [-0.4, -0.2) is 26.4 Å². The van der Waals surface area contributed by atoms with Crippen LogP contribution in [0, 0.1) is 13.8 Å². The summed E-state index contributed by atoms with van der Waals surface area (Å²) in [7, 11) is 0. The third kappa shape index (κ3) is 2.76. The lowest BCUT2D eigenvalue weighted by molar-refractivity contribution is -0.133. The fourth-order valence-electron chi connectivity index (χ4n) is 2.90. The van der Waals surface area contributed by atoms with Crippen molar-refractivity contribution in [3.8, 4) is 5.69 Å². The molecule has 22 heavy (non-hydrogen) atoms. The van der Waals surface area contributed by atoms with Crippen LogP contribution >= 0.6 is 0 Å². The fourth-order valence-corrected chi connectivity index (χ4v) is 2.90. The van der Waals surface area contributed by atoms with E-state index in [1.165, 1.54) is 5.56 Å². The highest BCUT2D eigenvalue weighted by Crippen LogP contribution is 2.30. The first-order chi connectivity index (χ1) is 10.5. The molecule has 5 heteroatoms. The number of hydrogen-bond acceptors (Lipinski definition) is 3. The predicted octanol–water partition coefficient (Wildman–Crippen LogP) is 2.73. The lowest BCUT2D eigenvalue weighted by Crippen LogP contribution is -2.40. The molecule has 1 saturated carbocycles. The molecular weight excluding hydrogens is 278 g/mol. The first-order valence-corrected chi connectivity index (χ1v) is 7.65. The minimum Gasteiger partial charge on any atom is -0.380 e. The molecule has 0 aliphatic heterocycles. The number of aliphatic hydroxyl groups is 1. The van der Waals surface area contributed by atoms with Crippen LogP contribution in [0.4, 0.5) is 5.82 Å². The van der Waals surface area contributed by atoms with E-state index >= 15 is 0 Å². The molecule has 0 atom stereocenters. The summed E-state index contributed by atoms with van der Waals surface area (Å²) in [5.41, 5.74) is 1.83. The highest BCUT2D eigenvalue weighted by molar-refractivity contribution is 5.96. The Morgan fingerprint density at radius 2 is 1.86 bits per heavy atom. The third-order valence-electron chi connectivity index (χ3n) is 4.26. The van der Waals surface area contributed by atoms with Crippen LogP contribution in [0.15, 0.2) is 30.3 Å². The minimum absolute atomic E-state index is 0.349. The number of nitrogens with one attached hydrogen (secondary N) is 1. The molecule has 5 nitrogen and oxygen atoms in total. The maximum atomic E-state index is 12.2. The first kappa shape index (κ1) is 14.8. The molecule has 1 amide bonds. The summed E-state index contributed by atoms with van der Waals surface area (Å²) in [6.45, 7) is 3.97. The van der Waals surface area contributed by atoms with Crippen LogP contribution in [0.25, 0.3) is 5.69 Å². The number of carbonyl (C=O) groups is 1. The van der Waals surface area contributed by atoms with Crippen LogP contribution in [0.3, 0.4) is 0 Å². The highest BCUT2D eigenvalue weighted by atomic mass is 16.3. The number of rotatable bonds is 3. The third-order valence-corrected chi connectivity index (χ3v) is 4.26. The molecule has 1 aromatic carbocycles. The van der Waals surface area contributed by atoms with Crippen LogP contribution < -0.4 is 5.32 Å². The van der Waals surface area contributed by atoms with Gasteiger partial charge in [-0.3, -0.25) is 4.79 Å². The van der Waals surface area contributed by atoms with E-state index in [9.17, 15) is 9.90 Å². The Hall–Kier alpha value is -2.14. The molecule has 0 unspecified atom stereocenters. The van der Waals surface area contributed by atoms with Crippen molar-refractivity contribution in [1.82, 2.24) is 9.78 Å². The van der Waals surface area contributed by atoms with Gasteiger partial charge in [-0.15, -0.1) is 5.10 Å². The standard InChI is InChI=1S/C17H21N3O2/c1-12-5-7-14(8-6-12)20-13(2)11-15(19-20)18-16(21)17(22)9-3-4-10-17/h5-8,11,22H,3-4,9-10H2,1-2H3,(H,18,19,21). The van der Waals surface area contributed by atoms with Crippen molar-refractivity contribution in [2.24, 2.45) is 0 Å².